The van der Waals surface area contributed by atoms with Crippen LogP contribution in [0.25, 0.3) is 0 Å². The molecule has 0 spiro atoms. The van der Waals surface area contributed by atoms with Crippen LogP contribution in [-0.2, 0) is 51.9 Å². The van der Waals surface area contributed by atoms with E-state index in [1.165, 1.54) is 0 Å². The maximum absolute atomic E-state index is 11.1. The van der Waals surface area contributed by atoms with E-state index in [-0.39, 0.29) is 49.2 Å². The molecule has 4 rings (SSSR count). The summed E-state index contributed by atoms with van der Waals surface area (Å²) in [6, 6.07) is 29.0. The minimum atomic E-state index is 0. The first kappa shape index (κ1) is 42.0. The van der Waals surface area contributed by atoms with Crippen molar-refractivity contribution in [2.45, 2.75) is 105 Å². The Balaban J connectivity index is 0.000000569. The maximum Gasteiger partial charge on any atom is 4.00 e. The Hall–Kier alpha value is -3.04. The Morgan fingerprint density at radius 2 is 0.511 bits per heavy atom. The normalized spacial score (nSPS) is 9.69. The number of rotatable bonds is 12. The molecule has 45 heavy (non-hydrogen) atoms. The molecule has 5 heteroatoms. The SMILES string of the molecule is CCCCc1ccccc1[O-].CCCCc1ccccc1[O-].CCCCc1ccccc1[O-].CCCCc1ccccc1[O-].[Zr+4]. The number of unbranched alkanes of at least 4 members (excludes halogenated alkanes) is 4. The second-order valence-electron chi connectivity index (χ2n) is 10.8. The molecule has 0 fully saturated rings. The van der Waals surface area contributed by atoms with E-state index in [1.807, 2.05) is 48.5 Å². The quantitative estimate of drug-likeness (QED) is 0.150. The predicted molar refractivity (Wildman–Crippen MR) is 178 cm³/mol. The van der Waals surface area contributed by atoms with E-state index >= 15 is 0 Å². The van der Waals surface area contributed by atoms with Gasteiger partial charge >= 0.3 is 26.2 Å². The molecule has 0 amide bonds. The molecule has 0 heterocycles. The van der Waals surface area contributed by atoms with Crippen molar-refractivity contribution in [3.63, 3.8) is 0 Å². The van der Waals surface area contributed by atoms with Crippen LogP contribution in [-0.4, -0.2) is 0 Å². The molecule has 0 aliphatic heterocycles. The molecule has 0 atom stereocenters. The molecule has 0 aliphatic carbocycles. The molecule has 0 unspecified atom stereocenters. The van der Waals surface area contributed by atoms with Crippen LogP contribution in [0.2, 0.25) is 0 Å². The van der Waals surface area contributed by atoms with Gasteiger partial charge in [0.05, 0.1) is 0 Å². The second kappa shape index (κ2) is 27.3. The number of hydrogen-bond acceptors (Lipinski definition) is 4. The molecular weight excluding hydrogens is 636 g/mol. The van der Waals surface area contributed by atoms with Crippen molar-refractivity contribution < 1.29 is 46.6 Å². The first-order valence-corrected chi connectivity index (χ1v) is 16.4. The molecule has 240 valence electrons. The van der Waals surface area contributed by atoms with E-state index < -0.39 is 0 Å². The largest absolute Gasteiger partial charge is 4.00 e. The molecular formula is C40H52O4Zr. The standard InChI is InChI=1S/4C10H14O.Zr/c4*1-2-3-6-9-7-4-5-8-10(9)11;/h4*4-5,7-8,11H,2-3,6H2,1H3;/q;;;;+4/p-4. The van der Waals surface area contributed by atoms with Crippen molar-refractivity contribution in [1.82, 2.24) is 0 Å². The topological polar surface area (TPSA) is 92.2 Å². The van der Waals surface area contributed by atoms with Crippen LogP contribution < -0.4 is 20.4 Å². The van der Waals surface area contributed by atoms with E-state index in [4.69, 9.17) is 0 Å². The Kier molecular flexibility index (Phi) is 25.4. The van der Waals surface area contributed by atoms with Gasteiger partial charge in [0.1, 0.15) is 0 Å². The van der Waals surface area contributed by atoms with E-state index in [2.05, 4.69) is 27.7 Å². The number of aryl methyl sites for hydroxylation is 4. The van der Waals surface area contributed by atoms with Crippen LogP contribution >= 0.6 is 0 Å². The molecule has 4 aromatic carbocycles. The summed E-state index contributed by atoms with van der Waals surface area (Å²) in [5.41, 5.74) is 3.81. The van der Waals surface area contributed by atoms with Crippen LogP contribution in [0.3, 0.4) is 0 Å². The molecule has 4 aromatic rings. The fourth-order valence-corrected chi connectivity index (χ4v) is 4.31. The Morgan fingerprint density at radius 1 is 0.333 bits per heavy atom. The van der Waals surface area contributed by atoms with Gasteiger partial charge in [-0.05, 0) is 51.4 Å². The third-order valence-electron chi connectivity index (χ3n) is 7.09. The maximum atomic E-state index is 11.1. The zero-order valence-corrected chi connectivity index (χ0v) is 30.3. The minimum Gasteiger partial charge on any atom is -0.872 e. The van der Waals surface area contributed by atoms with Crippen molar-refractivity contribution in [2.75, 3.05) is 0 Å². The van der Waals surface area contributed by atoms with Crippen molar-refractivity contribution >= 4 is 0 Å². The molecule has 0 bridgehead atoms. The van der Waals surface area contributed by atoms with Crippen molar-refractivity contribution in [3.05, 3.63) is 119 Å². The number of para-hydroxylation sites is 4. The number of benzene rings is 4. The minimum absolute atomic E-state index is 0. The summed E-state index contributed by atoms with van der Waals surface area (Å²) in [4.78, 5) is 0. The van der Waals surface area contributed by atoms with Crippen LogP contribution in [0.4, 0.5) is 0 Å². The summed E-state index contributed by atoms with van der Waals surface area (Å²) in [7, 11) is 0. The van der Waals surface area contributed by atoms with Crippen LogP contribution in [0.5, 0.6) is 23.0 Å². The van der Waals surface area contributed by atoms with Gasteiger partial charge in [0.15, 0.2) is 0 Å². The molecule has 0 radical (unpaired) electrons. The van der Waals surface area contributed by atoms with Crippen LogP contribution in [0.15, 0.2) is 97.1 Å². The fraction of sp³-hybridized carbons (Fsp3) is 0.400. The van der Waals surface area contributed by atoms with Crippen molar-refractivity contribution in [1.29, 1.82) is 0 Å². The van der Waals surface area contributed by atoms with Gasteiger partial charge in [0.25, 0.3) is 0 Å². The van der Waals surface area contributed by atoms with Gasteiger partial charge in [-0.2, -0.15) is 0 Å². The molecule has 0 saturated carbocycles. The molecule has 0 aliphatic rings. The summed E-state index contributed by atoms with van der Waals surface area (Å²) in [5.74, 6) is 0.726. The van der Waals surface area contributed by atoms with Gasteiger partial charge in [-0.25, -0.2) is 0 Å². The molecule has 0 aromatic heterocycles. The first-order chi connectivity index (χ1) is 21.4. The van der Waals surface area contributed by atoms with Crippen molar-refractivity contribution in [3.8, 4) is 23.0 Å². The zero-order chi connectivity index (χ0) is 32.4. The summed E-state index contributed by atoms with van der Waals surface area (Å²) in [6.45, 7) is 8.53. The predicted octanol–water partition coefficient (Wildman–Crippen LogP) is 8.41. The Bertz CT molecular complexity index is 1080. The van der Waals surface area contributed by atoms with Crippen LogP contribution in [0, 0.1) is 0 Å². The fourth-order valence-electron chi connectivity index (χ4n) is 4.31. The average molecular weight is 688 g/mol. The Morgan fingerprint density at radius 3 is 0.667 bits per heavy atom. The first-order valence-electron chi connectivity index (χ1n) is 16.4. The zero-order valence-electron chi connectivity index (χ0n) is 27.9. The summed E-state index contributed by atoms with van der Waals surface area (Å²) in [6.07, 6.45) is 12.7. The van der Waals surface area contributed by atoms with E-state index in [1.54, 1.807) is 48.5 Å². The molecule has 4 nitrogen and oxygen atoms in total. The van der Waals surface area contributed by atoms with E-state index in [0.717, 1.165) is 99.3 Å². The Labute approximate surface area is 292 Å². The van der Waals surface area contributed by atoms with Gasteiger partial charge in [-0.1, -0.05) is 173 Å². The van der Waals surface area contributed by atoms with Gasteiger partial charge < -0.3 is 20.4 Å². The van der Waals surface area contributed by atoms with Gasteiger partial charge in [-0.3, -0.25) is 0 Å². The van der Waals surface area contributed by atoms with Crippen LogP contribution in [0.1, 0.15) is 101 Å². The molecule has 0 N–H and O–H groups in total. The second-order valence-corrected chi connectivity index (χ2v) is 10.8. The number of hydrogen-bond donors (Lipinski definition) is 0. The van der Waals surface area contributed by atoms with Gasteiger partial charge in [-0.15, -0.1) is 23.0 Å². The monoisotopic (exact) mass is 686 g/mol. The van der Waals surface area contributed by atoms with Gasteiger partial charge in [0.2, 0.25) is 0 Å². The third kappa shape index (κ3) is 19.2. The summed E-state index contributed by atoms with van der Waals surface area (Å²) in [5, 5.41) is 44.5. The average Bonchev–Trinajstić information content (AvgIpc) is 3.04. The van der Waals surface area contributed by atoms with E-state index in [9.17, 15) is 20.4 Å². The van der Waals surface area contributed by atoms with Gasteiger partial charge in [0, 0.05) is 0 Å². The third-order valence-corrected chi connectivity index (χ3v) is 7.09. The summed E-state index contributed by atoms with van der Waals surface area (Å²) < 4.78 is 0. The molecule has 0 saturated heterocycles. The van der Waals surface area contributed by atoms with Crippen molar-refractivity contribution in [2.24, 2.45) is 0 Å². The smallest absolute Gasteiger partial charge is 0.872 e. The summed E-state index contributed by atoms with van der Waals surface area (Å²) >= 11 is 0. The van der Waals surface area contributed by atoms with E-state index in [0.29, 0.717) is 0 Å².